The number of benzene rings is 2. The van der Waals surface area contributed by atoms with Crippen LogP contribution in [0, 0.1) is 10.1 Å². The number of nitrogens with zero attached hydrogens (tertiary/aromatic N) is 2. The van der Waals surface area contributed by atoms with Crippen LogP contribution >= 0.6 is 0 Å². The lowest BCUT2D eigenvalue weighted by atomic mass is 10.0. The van der Waals surface area contributed by atoms with E-state index in [9.17, 15) is 19.7 Å². The molecule has 0 aliphatic carbocycles. The van der Waals surface area contributed by atoms with Crippen molar-refractivity contribution in [2.24, 2.45) is 5.10 Å². The molecule has 0 spiro atoms. The molecule has 2 N–H and O–H groups in total. The Morgan fingerprint density at radius 2 is 1.67 bits per heavy atom. The number of hydrazone groups is 1. The molecule has 2 rings (SSSR count). The van der Waals surface area contributed by atoms with Gasteiger partial charge in [0, 0.05) is 23.3 Å². The average Bonchev–Trinajstić information content (AvgIpc) is 2.59. The van der Waals surface area contributed by atoms with Gasteiger partial charge in [-0.25, -0.2) is 10.2 Å². The smallest absolute Gasteiger partial charge is 0.336 e. The van der Waals surface area contributed by atoms with Crippen molar-refractivity contribution in [3.63, 3.8) is 0 Å². The predicted molar refractivity (Wildman–Crippen MR) is 86.2 cm³/mol. The number of carboxylic acid groups (broad SMARTS) is 1. The third-order valence-corrected chi connectivity index (χ3v) is 3.21. The van der Waals surface area contributed by atoms with Crippen molar-refractivity contribution in [2.45, 2.75) is 6.92 Å². The van der Waals surface area contributed by atoms with Gasteiger partial charge < -0.3 is 5.11 Å². The Morgan fingerprint density at radius 1 is 1.08 bits per heavy atom. The highest BCUT2D eigenvalue weighted by molar-refractivity contribution is 6.08. The summed E-state index contributed by atoms with van der Waals surface area (Å²) >= 11 is 0. The molecule has 122 valence electrons. The first-order valence-electron chi connectivity index (χ1n) is 6.82. The minimum absolute atomic E-state index is 0.0725. The number of amides is 1. The van der Waals surface area contributed by atoms with Crippen molar-refractivity contribution in [1.82, 2.24) is 5.43 Å². The maximum atomic E-state index is 12.0. The summed E-state index contributed by atoms with van der Waals surface area (Å²) in [6.45, 7) is 1.57. The first kappa shape index (κ1) is 16.8. The Hall–Kier alpha value is -3.55. The number of rotatable bonds is 5. The van der Waals surface area contributed by atoms with E-state index in [1.54, 1.807) is 25.1 Å². The molecule has 0 atom stereocenters. The summed E-state index contributed by atoms with van der Waals surface area (Å²) in [6.07, 6.45) is 0. The predicted octanol–water partition coefficient (Wildman–Crippen LogP) is 2.45. The molecule has 8 nitrogen and oxygen atoms in total. The first-order valence-corrected chi connectivity index (χ1v) is 6.82. The highest BCUT2D eigenvalue weighted by atomic mass is 16.6. The summed E-state index contributed by atoms with van der Waals surface area (Å²) in [4.78, 5) is 33.2. The number of carbonyl (C=O) groups excluding carboxylic acids is 1. The van der Waals surface area contributed by atoms with E-state index in [4.69, 9.17) is 5.11 Å². The van der Waals surface area contributed by atoms with E-state index in [-0.39, 0.29) is 16.8 Å². The van der Waals surface area contributed by atoms with Gasteiger partial charge in [-0.15, -0.1) is 0 Å². The van der Waals surface area contributed by atoms with Crippen molar-refractivity contribution in [2.75, 3.05) is 0 Å². The van der Waals surface area contributed by atoms with Crippen molar-refractivity contribution < 1.29 is 19.6 Å². The fourth-order valence-corrected chi connectivity index (χ4v) is 1.98. The molecule has 8 heteroatoms. The van der Waals surface area contributed by atoms with E-state index in [2.05, 4.69) is 10.5 Å². The molecule has 1 amide bonds. The van der Waals surface area contributed by atoms with Gasteiger partial charge >= 0.3 is 5.97 Å². The molecular weight excluding hydrogens is 314 g/mol. The van der Waals surface area contributed by atoms with Crippen LogP contribution in [0.4, 0.5) is 5.69 Å². The van der Waals surface area contributed by atoms with Gasteiger partial charge in [-0.05, 0) is 25.1 Å². The second-order valence-corrected chi connectivity index (χ2v) is 4.79. The van der Waals surface area contributed by atoms with Crippen molar-refractivity contribution in [3.05, 3.63) is 75.3 Å². The Kier molecular flexibility index (Phi) is 5.00. The average molecular weight is 327 g/mol. The van der Waals surface area contributed by atoms with Gasteiger partial charge in [-0.2, -0.15) is 5.10 Å². The van der Waals surface area contributed by atoms with Crippen LogP contribution in [-0.4, -0.2) is 27.6 Å². The third-order valence-electron chi connectivity index (χ3n) is 3.21. The van der Waals surface area contributed by atoms with Crippen molar-refractivity contribution >= 4 is 23.3 Å². The Morgan fingerprint density at radius 3 is 2.21 bits per heavy atom. The first-order chi connectivity index (χ1) is 11.4. The molecule has 0 aliphatic heterocycles. The maximum Gasteiger partial charge on any atom is 0.336 e. The molecule has 0 unspecified atom stereocenters. The maximum absolute atomic E-state index is 12.0. The zero-order valence-corrected chi connectivity index (χ0v) is 12.6. The Balaban J connectivity index is 2.16. The zero-order chi connectivity index (χ0) is 17.7. The number of hydrogen-bond acceptors (Lipinski definition) is 5. The minimum atomic E-state index is -1.10. The Labute approximate surface area is 136 Å². The molecule has 0 saturated carbocycles. The molecule has 2 aromatic rings. The van der Waals surface area contributed by atoms with Crippen LogP contribution < -0.4 is 5.43 Å². The summed E-state index contributed by atoms with van der Waals surface area (Å²) in [5.74, 6) is -1.65. The highest BCUT2D eigenvalue weighted by Gasteiger charge is 2.12. The number of non-ortho nitro benzene ring substituents is 1. The molecule has 2 aromatic carbocycles. The summed E-state index contributed by atoms with van der Waals surface area (Å²) in [6, 6.07) is 11.3. The molecular formula is C16H13N3O5. The number of carbonyl (C=O) groups is 2. The molecule has 0 saturated heterocycles. The lowest BCUT2D eigenvalue weighted by Crippen LogP contribution is -2.20. The summed E-state index contributed by atoms with van der Waals surface area (Å²) in [5, 5.41) is 23.6. The normalized spacial score (nSPS) is 11.0. The summed E-state index contributed by atoms with van der Waals surface area (Å²) < 4.78 is 0. The second-order valence-electron chi connectivity index (χ2n) is 4.79. The number of nitrogens with one attached hydrogen (secondary N) is 1. The molecule has 24 heavy (non-hydrogen) atoms. The van der Waals surface area contributed by atoms with Gasteiger partial charge in [0.2, 0.25) is 0 Å². The fraction of sp³-hybridized carbons (Fsp3) is 0.0625. The van der Waals surface area contributed by atoms with Crippen molar-refractivity contribution in [3.8, 4) is 0 Å². The molecule has 0 heterocycles. The van der Waals surface area contributed by atoms with Crippen LogP contribution in [0.15, 0.2) is 53.6 Å². The van der Waals surface area contributed by atoms with Gasteiger partial charge in [0.05, 0.1) is 16.2 Å². The second kappa shape index (κ2) is 7.14. The quantitative estimate of drug-likeness (QED) is 0.496. The monoisotopic (exact) mass is 327 g/mol. The van der Waals surface area contributed by atoms with E-state index >= 15 is 0 Å². The van der Waals surface area contributed by atoms with Gasteiger partial charge in [0.25, 0.3) is 11.6 Å². The van der Waals surface area contributed by atoms with Crippen LogP contribution in [0.25, 0.3) is 0 Å². The van der Waals surface area contributed by atoms with Crippen LogP contribution in [0.2, 0.25) is 0 Å². The van der Waals surface area contributed by atoms with Crippen LogP contribution in [0.1, 0.15) is 33.2 Å². The van der Waals surface area contributed by atoms with Crippen molar-refractivity contribution in [1.29, 1.82) is 0 Å². The topological polar surface area (TPSA) is 122 Å². The lowest BCUT2D eigenvalue weighted by molar-refractivity contribution is -0.384. The van der Waals surface area contributed by atoms with E-state index in [1.165, 1.54) is 30.3 Å². The van der Waals surface area contributed by atoms with E-state index in [1.807, 2.05) is 0 Å². The number of carboxylic acids is 1. The van der Waals surface area contributed by atoms with E-state index in [0.717, 1.165) is 0 Å². The van der Waals surface area contributed by atoms with E-state index < -0.39 is 16.8 Å². The van der Waals surface area contributed by atoms with Crippen LogP contribution in [0.5, 0.6) is 0 Å². The fourth-order valence-electron chi connectivity index (χ4n) is 1.98. The van der Waals surface area contributed by atoms with Gasteiger partial charge in [0.1, 0.15) is 0 Å². The van der Waals surface area contributed by atoms with E-state index in [0.29, 0.717) is 11.3 Å². The molecule has 0 radical (unpaired) electrons. The van der Waals surface area contributed by atoms with Gasteiger partial charge in [-0.1, -0.05) is 18.2 Å². The van der Waals surface area contributed by atoms with Gasteiger partial charge in [-0.3, -0.25) is 14.9 Å². The summed E-state index contributed by atoms with van der Waals surface area (Å²) in [5.41, 5.74) is 3.15. The lowest BCUT2D eigenvalue weighted by Gasteiger charge is -2.06. The van der Waals surface area contributed by atoms with Gasteiger partial charge in [0.15, 0.2) is 0 Å². The third kappa shape index (κ3) is 3.80. The highest BCUT2D eigenvalue weighted by Crippen LogP contribution is 2.12. The number of nitro benzene ring substituents is 1. The summed E-state index contributed by atoms with van der Waals surface area (Å²) in [7, 11) is 0. The standard InChI is InChI=1S/C16H13N3O5/c1-10(13-4-2-3-5-14(13)16(21)22)17-18-15(20)11-6-8-12(9-7-11)19(23)24/h2-9H,1H3,(H,18,20)(H,21,22). The number of nitro groups is 1. The molecule has 0 bridgehead atoms. The molecule has 0 aliphatic rings. The zero-order valence-electron chi connectivity index (χ0n) is 12.6. The number of aromatic carboxylic acids is 1. The molecule has 0 aromatic heterocycles. The number of hydrogen-bond donors (Lipinski definition) is 2. The Bertz CT molecular complexity index is 828. The minimum Gasteiger partial charge on any atom is -0.478 e. The largest absolute Gasteiger partial charge is 0.478 e. The SMILES string of the molecule is CC(=NNC(=O)c1ccc([N+](=O)[O-])cc1)c1ccccc1C(=O)O. The molecule has 0 fully saturated rings. The van der Waals surface area contributed by atoms with Crippen LogP contribution in [0.3, 0.4) is 0 Å². The van der Waals surface area contributed by atoms with Crippen LogP contribution in [-0.2, 0) is 0 Å².